The van der Waals surface area contributed by atoms with Gasteiger partial charge in [0.2, 0.25) is 24.7 Å². The van der Waals surface area contributed by atoms with E-state index in [2.05, 4.69) is 73.2 Å². The van der Waals surface area contributed by atoms with Crippen molar-refractivity contribution in [2.24, 2.45) is 11.8 Å². The quantitative estimate of drug-likeness (QED) is 0.0698. The highest BCUT2D eigenvalue weighted by Gasteiger charge is 2.53. The zero-order chi connectivity index (χ0) is 52.0. The molecule has 4 aliphatic rings. The number of methoxy groups -OCH3 is 1. The molecule has 4 N–H and O–H groups in total. The summed E-state index contributed by atoms with van der Waals surface area (Å²) in [6.07, 6.45) is 10.5. The Morgan fingerprint density at radius 1 is 1.00 bits per heavy atom. The van der Waals surface area contributed by atoms with E-state index < -0.39 is 22.4 Å². The summed E-state index contributed by atoms with van der Waals surface area (Å²) in [5.74, 6) is 3.36. The van der Waals surface area contributed by atoms with Gasteiger partial charge in [0, 0.05) is 63.6 Å². The highest BCUT2D eigenvalue weighted by molar-refractivity contribution is 8.00. The van der Waals surface area contributed by atoms with Crippen molar-refractivity contribution in [1.82, 2.24) is 40.3 Å². The van der Waals surface area contributed by atoms with Gasteiger partial charge in [-0.05, 0) is 145 Å². The smallest absolute Gasteiger partial charge is 0.258 e. The third-order valence-electron chi connectivity index (χ3n) is 14.2. The summed E-state index contributed by atoms with van der Waals surface area (Å²) in [6.45, 7) is 18.2. The standard InChI is InChI=1S/C27H45FN4O3S.C13H15ClN4O.C13H14N2OS/c1-20-5-4-12-32(20)24(34)23(29-25(35)27(28)10-11-27)26(2,3)36-18-22-8-6-21(7-9-22)17-30-13-15-31(19-33)16-14-30;1-8-4-5-10(11(6-8)19-3)17-13-16-7-9(14)12(15-2)18-13;1-9-5-11(13-10(2)15-8-17-13)3-4-12(9)6-14-7-16/h19-23H,4-18H2,1-3H3,(H,29,35);4-7H,1-3H3,(H2,15,16,17,18);3-5,7-8H,6H2,1-2H3,(H,14,16). The Morgan fingerprint density at radius 3 is 2.32 bits per heavy atom. The van der Waals surface area contributed by atoms with Crippen LogP contribution in [0.1, 0.15) is 94.5 Å². The largest absolute Gasteiger partial charge is 0.495 e. The molecule has 2 aromatic carbocycles. The first kappa shape index (κ1) is 56.3. The lowest BCUT2D eigenvalue weighted by Crippen LogP contribution is -2.59. The molecule has 19 heteroatoms. The van der Waals surface area contributed by atoms with E-state index >= 15 is 0 Å². The number of carbonyl (C=O) groups excluding carboxylic acids is 4. The molecule has 2 unspecified atom stereocenters. The van der Waals surface area contributed by atoms with Crippen LogP contribution in [0.5, 0.6) is 5.75 Å². The van der Waals surface area contributed by atoms with Crippen molar-refractivity contribution in [2.75, 3.05) is 69.8 Å². The van der Waals surface area contributed by atoms with E-state index in [9.17, 15) is 23.6 Å². The van der Waals surface area contributed by atoms with Crippen molar-refractivity contribution in [1.29, 1.82) is 0 Å². The van der Waals surface area contributed by atoms with Gasteiger partial charge in [-0.25, -0.2) is 14.4 Å². The number of piperazine rings is 1. The summed E-state index contributed by atoms with van der Waals surface area (Å²) in [4.78, 5) is 67.5. The van der Waals surface area contributed by atoms with Crippen LogP contribution in [0.15, 0.2) is 48.1 Å². The van der Waals surface area contributed by atoms with Crippen molar-refractivity contribution in [3.05, 3.63) is 75.5 Å². The number of ether oxygens (including phenoxy) is 1. The first-order valence-corrected chi connectivity index (χ1v) is 27.4. The van der Waals surface area contributed by atoms with Crippen molar-refractivity contribution < 1.29 is 28.3 Å². The van der Waals surface area contributed by atoms with Crippen LogP contribution in [0, 0.1) is 32.6 Å². The number of rotatable bonds is 18. The summed E-state index contributed by atoms with van der Waals surface area (Å²) in [6, 6.07) is 11.6. The Balaban J connectivity index is 0.000000197. The molecule has 2 aliphatic heterocycles. The molecule has 4 fully saturated rings. The molecule has 0 spiro atoms. The molecule has 2 saturated carbocycles. The molecular weight excluding hydrogens is 975 g/mol. The maximum absolute atomic E-state index is 14.5. The van der Waals surface area contributed by atoms with E-state index in [4.69, 9.17) is 16.3 Å². The molecule has 2 aliphatic carbocycles. The van der Waals surface area contributed by atoms with Crippen LogP contribution in [-0.2, 0) is 25.7 Å². The van der Waals surface area contributed by atoms with Gasteiger partial charge in [-0.15, -0.1) is 11.3 Å². The molecular formula is C53H74ClFN10O5S2. The number of hydrogen-bond donors (Lipinski definition) is 4. The highest BCUT2D eigenvalue weighted by Crippen LogP contribution is 2.42. The maximum Gasteiger partial charge on any atom is 0.258 e. The minimum atomic E-state index is -1.78. The Labute approximate surface area is 438 Å². The summed E-state index contributed by atoms with van der Waals surface area (Å²) in [7, 11) is 3.38. The second-order valence-corrected chi connectivity index (χ2v) is 22.9. The number of hydrogen-bond acceptors (Lipinski definition) is 13. The van der Waals surface area contributed by atoms with Gasteiger partial charge < -0.3 is 35.8 Å². The average molecular weight is 1050 g/mol. The van der Waals surface area contributed by atoms with Crippen LogP contribution in [0.3, 0.4) is 0 Å². The van der Waals surface area contributed by atoms with Gasteiger partial charge >= 0.3 is 0 Å². The Morgan fingerprint density at radius 2 is 1.72 bits per heavy atom. The minimum Gasteiger partial charge on any atom is -0.495 e. The zero-order valence-corrected chi connectivity index (χ0v) is 45.6. The van der Waals surface area contributed by atoms with Crippen LogP contribution in [0.2, 0.25) is 5.02 Å². The first-order chi connectivity index (χ1) is 34.5. The molecule has 72 heavy (non-hydrogen) atoms. The number of carbonyl (C=O) groups is 4. The van der Waals surface area contributed by atoms with Crippen LogP contribution >= 0.6 is 34.7 Å². The number of amides is 4. The van der Waals surface area contributed by atoms with E-state index in [0.29, 0.717) is 41.7 Å². The van der Waals surface area contributed by atoms with E-state index in [0.717, 1.165) is 92.4 Å². The molecule has 15 nitrogen and oxygen atoms in total. The molecule has 4 heterocycles. The summed E-state index contributed by atoms with van der Waals surface area (Å²) >= 11 is 9.35. The minimum absolute atomic E-state index is 0.0616. The van der Waals surface area contributed by atoms with Gasteiger partial charge in [0.1, 0.15) is 22.6 Å². The molecule has 8 rings (SSSR count). The molecule has 2 saturated heterocycles. The van der Waals surface area contributed by atoms with Crippen molar-refractivity contribution in [3.8, 4) is 16.2 Å². The van der Waals surface area contributed by atoms with Crippen LogP contribution < -0.4 is 26.0 Å². The number of likely N-dealkylation sites (tertiary alicyclic amines) is 1. The number of benzene rings is 2. The monoisotopic (exact) mass is 1050 g/mol. The lowest BCUT2D eigenvalue weighted by molar-refractivity contribution is -0.139. The fraction of sp³-hybridized carbons (Fsp3) is 0.566. The van der Waals surface area contributed by atoms with E-state index in [1.165, 1.54) is 41.7 Å². The predicted molar refractivity (Wildman–Crippen MR) is 289 cm³/mol. The Kier molecular flexibility index (Phi) is 20.5. The fourth-order valence-electron chi connectivity index (χ4n) is 9.36. The number of halogens is 2. The zero-order valence-electron chi connectivity index (χ0n) is 43.2. The van der Waals surface area contributed by atoms with Crippen LogP contribution in [0.25, 0.3) is 10.4 Å². The third-order valence-corrected chi connectivity index (χ3v) is 17.1. The molecule has 4 aromatic rings. The summed E-state index contributed by atoms with van der Waals surface area (Å²) in [5, 5.41) is 12.0. The highest BCUT2D eigenvalue weighted by atomic mass is 35.5. The van der Waals surface area contributed by atoms with Crippen LogP contribution in [0.4, 0.5) is 21.8 Å². The number of anilines is 3. The SMILES string of the molecule is CC1CCCN1C(=O)C(NC(=O)C1(F)CC1)C(C)(C)SCC1CCC(CN2CCN(C=O)CC2)CC1.CNc1nc(Nc2ccc(C)cc2OC)ncc1Cl.Cc1cc(-c2scnc2C)ccc1CNC=O. The number of nitrogens with zero attached hydrogens (tertiary/aromatic N) is 6. The second kappa shape index (κ2) is 26.3. The van der Waals surface area contributed by atoms with Crippen molar-refractivity contribution in [2.45, 2.75) is 122 Å². The van der Waals surface area contributed by atoms with Gasteiger partial charge in [0.25, 0.3) is 5.91 Å². The van der Waals surface area contributed by atoms with Crippen molar-refractivity contribution >= 4 is 76.8 Å². The molecule has 2 aromatic heterocycles. The normalized spacial score (nSPS) is 19.9. The predicted octanol–water partition coefficient (Wildman–Crippen LogP) is 8.98. The number of thiazole rings is 1. The number of nitrogens with one attached hydrogen (secondary N) is 4. The number of thioether (sulfide) groups is 1. The summed E-state index contributed by atoms with van der Waals surface area (Å²) in [5.41, 5.74) is 6.58. The lowest BCUT2D eigenvalue weighted by atomic mass is 9.82. The van der Waals surface area contributed by atoms with Gasteiger partial charge in [-0.3, -0.25) is 24.1 Å². The molecule has 392 valence electrons. The molecule has 4 amide bonds. The lowest BCUT2D eigenvalue weighted by Gasteiger charge is -2.39. The Hall–Kier alpha value is -5.04. The van der Waals surface area contributed by atoms with E-state index in [-0.39, 0.29) is 24.8 Å². The number of aryl methyl sites for hydroxylation is 3. The van der Waals surface area contributed by atoms with Crippen LogP contribution in [-0.4, -0.2) is 136 Å². The van der Waals surface area contributed by atoms with Gasteiger partial charge in [-0.2, -0.15) is 16.7 Å². The van der Waals surface area contributed by atoms with Gasteiger partial charge in [-0.1, -0.05) is 35.9 Å². The third kappa shape index (κ3) is 15.5. The van der Waals surface area contributed by atoms with E-state index in [1.54, 1.807) is 43.5 Å². The van der Waals surface area contributed by atoms with Crippen molar-refractivity contribution in [3.63, 3.8) is 0 Å². The fourth-order valence-corrected chi connectivity index (χ4v) is 11.7. The summed E-state index contributed by atoms with van der Waals surface area (Å²) < 4.78 is 19.3. The first-order valence-electron chi connectivity index (χ1n) is 25.1. The Bertz CT molecular complexity index is 2440. The second-order valence-electron chi connectivity index (χ2n) is 20.0. The average Bonchev–Trinajstić information content (AvgIpc) is 3.75. The van der Waals surface area contributed by atoms with Gasteiger partial charge in [0.05, 0.1) is 35.1 Å². The maximum atomic E-state index is 14.5. The molecule has 0 radical (unpaired) electrons. The molecule has 2 atom stereocenters. The topological polar surface area (TPSA) is 174 Å². The van der Waals surface area contributed by atoms with Gasteiger partial charge in [0.15, 0.2) is 5.67 Å². The molecule has 0 bridgehead atoms. The number of alkyl halides is 1. The van der Waals surface area contributed by atoms with E-state index in [1.807, 2.05) is 61.2 Å². The number of aromatic nitrogens is 3.